The summed E-state index contributed by atoms with van der Waals surface area (Å²) in [4.78, 5) is 11.1. The summed E-state index contributed by atoms with van der Waals surface area (Å²) in [6, 6.07) is -0.240. The third-order valence-electron chi connectivity index (χ3n) is 2.96. The van der Waals surface area contributed by atoms with Crippen molar-refractivity contribution in [3.63, 3.8) is 0 Å². The predicted molar refractivity (Wildman–Crippen MR) is 62.6 cm³/mol. The largest absolute Gasteiger partial charge is 0.320 e. The fraction of sp³-hybridized carbons (Fsp3) is 0.909. The quantitative estimate of drug-likeness (QED) is 0.512. The summed E-state index contributed by atoms with van der Waals surface area (Å²) >= 11 is 0. The summed E-state index contributed by atoms with van der Waals surface area (Å²) in [5, 5.41) is 3.36. The van der Waals surface area contributed by atoms with E-state index in [1.165, 1.54) is 0 Å². The average Bonchev–Trinajstić information content (AvgIpc) is 2.14. The van der Waals surface area contributed by atoms with Crippen LogP contribution in [0, 0.1) is 0 Å². The van der Waals surface area contributed by atoms with E-state index in [0.717, 1.165) is 10.8 Å². The Morgan fingerprint density at radius 3 is 2.06 bits per heavy atom. The number of carbonyl (C=O) groups is 1. The molecule has 0 bridgehead atoms. The summed E-state index contributed by atoms with van der Waals surface area (Å²) in [5.41, 5.74) is 0. The molecule has 1 saturated heterocycles. The number of ether oxygens (including phenoxy) is 1. The van der Waals surface area contributed by atoms with Crippen LogP contribution in [0.15, 0.2) is 0 Å². The van der Waals surface area contributed by atoms with Gasteiger partial charge < -0.3 is 18.5 Å². The minimum Gasteiger partial charge on any atom is -0.320 e. The van der Waals surface area contributed by atoms with E-state index in [2.05, 4.69) is 26.5 Å². The van der Waals surface area contributed by atoms with Crippen molar-refractivity contribution in [3.05, 3.63) is 0 Å². The van der Waals surface area contributed by atoms with Crippen molar-refractivity contribution in [2.45, 2.75) is 18.4 Å². The number of hydrogen-bond donors (Lipinski definition) is 1. The van der Waals surface area contributed by atoms with E-state index in [1.807, 2.05) is 21.1 Å². The Balaban J connectivity index is 2.76. The van der Waals surface area contributed by atoms with E-state index in [-0.39, 0.29) is 18.4 Å². The second kappa shape index (κ2) is 4.41. The third-order valence-corrected chi connectivity index (χ3v) is 2.96. The van der Waals surface area contributed by atoms with Gasteiger partial charge in [-0.1, -0.05) is 0 Å². The lowest BCUT2D eigenvalue weighted by atomic mass is 10.2. The molecule has 1 fully saturated rings. The minimum atomic E-state index is -0.240. The Bertz CT molecular complexity index is 255. The van der Waals surface area contributed by atoms with Crippen LogP contribution < -0.4 is 5.32 Å². The zero-order chi connectivity index (χ0) is 12.6. The standard InChI is InChI=1S/C11H25N3O2/c1-13(2,3)10-8-16-11(14(4,5)6)9(7-15)12-10/h7,9-12H,8H2,1-6H3/q+2. The smallest absolute Gasteiger partial charge is 0.215 e. The highest BCUT2D eigenvalue weighted by Gasteiger charge is 2.43. The normalized spacial score (nSPS) is 32.5. The summed E-state index contributed by atoms with van der Waals surface area (Å²) < 4.78 is 7.22. The molecule has 0 aromatic carbocycles. The fourth-order valence-corrected chi connectivity index (χ4v) is 1.91. The van der Waals surface area contributed by atoms with Crippen molar-refractivity contribution in [2.75, 3.05) is 48.9 Å². The molecule has 1 heterocycles. The lowest BCUT2D eigenvalue weighted by molar-refractivity contribution is -0.935. The maximum atomic E-state index is 11.1. The highest BCUT2D eigenvalue weighted by atomic mass is 16.5. The van der Waals surface area contributed by atoms with Crippen molar-refractivity contribution in [3.8, 4) is 0 Å². The van der Waals surface area contributed by atoms with Gasteiger partial charge in [0.05, 0.1) is 42.3 Å². The molecular formula is C11H25N3O2+2. The molecule has 5 nitrogen and oxygen atoms in total. The number of aldehydes is 1. The van der Waals surface area contributed by atoms with Crippen molar-refractivity contribution in [2.24, 2.45) is 0 Å². The fourth-order valence-electron chi connectivity index (χ4n) is 1.91. The van der Waals surface area contributed by atoms with E-state index in [1.54, 1.807) is 0 Å². The van der Waals surface area contributed by atoms with Crippen LogP contribution in [0.25, 0.3) is 0 Å². The first-order valence-electron chi connectivity index (χ1n) is 5.61. The van der Waals surface area contributed by atoms with Gasteiger partial charge in [0.2, 0.25) is 6.23 Å². The molecule has 3 atom stereocenters. The average molecular weight is 231 g/mol. The first-order valence-corrected chi connectivity index (χ1v) is 5.61. The number of rotatable bonds is 3. The predicted octanol–water partition coefficient (Wildman–Crippen LogP) is -0.762. The number of quaternary nitrogens is 2. The van der Waals surface area contributed by atoms with Gasteiger partial charge in [0.1, 0.15) is 18.9 Å². The highest BCUT2D eigenvalue weighted by Crippen LogP contribution is 2.17. The van der Waals surface area contributed by atoms with Crippen LogP contribution in [0.4, 0.5) is 0 Å². The molecule has 0 aliphatic carbocycles. The van der Waals surface area contributed by atoms with Gasteiger partial charge in [-0.25, -0.2) is 5.32 Å². The maximum absolute atomic E-state index is 11.1. The van der Waals surface area contributed by atoms with Crippen LogP contribution in [-0.4, -0.2) is 82.6 Å². The topological polar surface area (TPSA) is 38.3 Å². The van der Waals surface area contributed by atoms with Crippen molar-refractivity contribution >= 4 is 6.29 Å². The summed E-state index contributed by atoms with van der Waals surface area (Å²) in [7, 11) is 12.4. The molecule has 94 valence electrons. The molecular weight excluding hydrogens is 206 g/mol. The molecule has 1 aliphatic heterocycles. The molecule has 0 aromatic rings. The van der Waals surface area contributed by atoms with Gasteiger partial charge in [-0.15, -0.1) is 0 Å². The number of likely N-dealkylation sites (N-methyl/N-ethyl adjacent to an activating group) is 2. The highest BCUT2D eigenvalue weighted by molar-refractivity contribution is 5.58. The first kappa shape index (κ1) is 13.6. The number of nitrogens with zero attached hydrogens (tertiary/aromatic N) is 2. The Labute approximate surface area is 98.1 Å². The number of carbonyl (C=O) groups excluding carboxylic acids is 1. The first-order chi connectivity index (χ1) is 7.16. The molecule has 0 amide bonds. The summed E-state index contributed by atoms with van der Waals surface area (Å²) in [5.74, 6) is 0. The monoisotopic (exact) mass is 231 g/mol. The van der Waals surface area contributed by atoms with Crippen LogP contribution in [0.5, 0.6) is 0 Å². The SMILES string of the molecule is C[N+](C)(C)C1COC([N+](C)(C)C)C(C=O)N1. The van der Waals surface area contributed by atoms with E-state index >= 15 is 0 Å². The third kappa shape index (κ3) is 3.01. The Morgan fingerprint density at radius 2 is 1.69 bits per heavy atom. The van der Waals surface area contributed by atoms with E-state index < -0.39 is 0 Å². The second-order valence-electron chi connectivity index (χ2n) is 6.30. The maximum Gasteiger partial charge on any atom is 0.215 e. The van der Waals surface area contributed by atoms with Crippen molar-refractivity contribution in [1.29, 1.82) is 0 Å². The molecule has 1 rings (SSSR count). The summed E-state index contributed by atoms with van der Waals surface area (Å²) in [6.45, 7) is 0.633. The lowest BCUT2D eigenvalue weighted by Gasteiger charge is -2.45. The van der Waals surface area contributed by atoms with Gasteiger partial charge in [0.25, 0.3) is 0 Å². The van der Waals surface area contributed by atoms with Crippen LogP contribution in [0.3, 0.4) is 0 Å². The van der Waals surface area contributed by atoms with Crippen LogP contribution in [0.2, 0.25) is 0 Å². The molecule has 16 heavy (non-hydrogen) atoms. The van der Waals surface area contributed by atoms with Crippen LogP contribution in [0.1, 0.15) is 0 Å². The number of morpholine rings is 1. The van der Waals surface area contributed by atoms with Gasteiger partial charge in [0.15, 0.2) is 6.17 Å². The lowest BCUT2D eigenvalue weighted by Crippen LogP contribution is -2.70. The van der Waals surface area contributed by atoms with Gasteiger partial charge in [-0.05, 0) is 0 Å². The van der Waals surface area contributed by atoms with Crippen molar-refractivity contribution in [1.82, 2.24) is 5.32 Å². The van der Waals surface area contributed by atoms with Gasteiger partial charge in [-0.2, -0.15) is 0 Å². The molecule has 3 unspecified atom stereocenters. The molecule has 0 radical (unpaired) electrons. The number of hydrogen-bond acceptors (Lipinski definition) is 3. The van der Waals surface area contributed by atoms with Crippen LogP contribution in [-0.2, 0) is 9.53 Å². The number of nitrogens with one attached hydrogen (secondary N) is 1. The molecule has 1 N–H and O–H groups in total. The molecule has 1 aliphatic rings. The summed E-state index contributed by atoms with van der Waals surface area (Å²) in [6.07, 6.45) is 1.01. The molecule has 0 spiro atoms. The van der Waals surface area contributed by atoms with Crippen molar-refractivity contribution < 1.29 is 18.5 Å². The van der Waals surface area contributed by atoms with Gasteiger partial charge in [-0.3, -0.25) is 0 Å². The Hall–Kier alpha value is -0.490. The Kier molecular flexibility index (Phi) is 3.74. The zero-order valence-electron chi connectivity index (χ0n) is 11.2. The molecule has 0 saturated carbocycles. The van der Waals surface area contributed by atoms with Gasteiger partial charge >= 0.3 is 0 Å². The van der Waals surface area contributed by atoms with Crippen LogP contribution >= 0.6 is 0 Å². The van der Waals surface area contributed by atoms with Gasteiger partial charge in [0, 0.05) is 0 Å². The van der Waals surface area contributed by atoms with E-state index in [4.69, 9.17) is 4.74 Å². The Morgan fingerprint density at radius 1 is 1.12 bits per heavy atom. The molecule has 5 heteroatoms. The van der Waals surface area contributed by atoms with E-state index in [0.29, 0.717) is 11.1 Å². The van der Waals surface area contributed by atoms with E-state index in [9.17, 15) is 4.79 Å². The second-order valence-corrected chi connectivity index (χ2v) is 6.30. The molecule has 0 aromatic heterocycles. The zero-order valence-corrected chi connectivity index (χ0v) is 11.2. The minimum absolute atomic E-state index is 0.111.